The monoisotopic (exact) mass is 433 g/mol. The van der Waals surface area contributed by atoms with Crippen molar-refractivity contribution in [1.29, 1.82) is 0 Å². The van der Waals surface area contributed by atoms with Gasteiger partial charge in [0.2, 0.25) is 0 Å². The second-order valence-electron chi connectivity index (χ2n) is 7.93. The normalized spacial score (nSPS) is 11.0. The van der Waals surface area contributed by atoms with Gasteiger partial charge in [0.1, 0.15) is 11.3 Å². The van der Waals surface area contributed by atoms with Crippen LogP contribution in [0.4, 0.5) is 0 Å². The van der Waals surface area contributed by atoms with E-state index in [0.29, 0.717) is 11.6 Å². The predicted octanol–water partition coefficient (Wildman–Crippen LogP) is 7.29. The van der Waals surface area contributed by atoms with Crippen molar-refractivity contribution < 1.29 is 14.3 Å². The van der Waals surface area contributed by atoms with Gasteiger partial charge in [-0.05, 0) is 43.5 Å². The number of benzene rings is 1. The largest absolute Gasteiger partial charge is 0.494 e. The molecule has 0 aliphatic rings. The Labute approximate surface area is 186 Å². The van der Waals surface area contributed by atoms with Crippen LogP contribution < -0.4 is 4.74 Å². The highest BCUT2D eigenvalue weighted by Crippen LogP contribution is 2.30. The van der Waals surface area contributed by atoms with Gasteiger partial charge in [0, 0.05) is 18.0 Å². The van der Waals surface area contributed by atoms with Crippen LogP contribution in [0.1, 0.15) is 83.2 Å². The second kappa shape index (κ2) is 14.2. The van der Waals surface area contributed by atoms with Gasteiger partial charge in [0.15, 0.2) is 0 Å². The lowest BCUT2D eigenvalue weighted by Crippen LogP contribution is -2.00. The minimum absolute atomic E-state index is 0.173. The van der Waals surface area contributed by atoms with E-state index >= 15 is 0 Å². The first-order valence-electron chi connectivity index (χ1n) is 11.4. The molecule has 0 fully saturated rings. The summed E-state index contributed by atoms with van der Waals surface area (Å²) in [6.45, 7) is 2.04. The third-order valence-electron chi connectivity index (χ3n) is 5.43. The van der Waals surface area contributed by atoms with Crippen molar-refractivity contribution in [3.8, 4) is 5.75 Å². The topological polar surface area (TPSA) is 48.4 Å². The number of hydrogen-bond acceptors (Lipinski definition) is 4. The first kappa shape index (κ1) is 24.5. The van der Waals surface area contributed by atoms with Crippen LogP contribution in [0, 0.1) is 0 Å². The molecule has 1 aromatic heterocycles. The number of carbonyl (C=O) groups excluding carboxylic acids is 1. The molecular formula is C25H36ClNO3. The van der Waals surface area contributed by atoms with Gasteiger partial charge >= 0.3 is 5.97 Å². The maximum atomic E-state index is 10.7. The number of carbonyl (C=O) groups is 1. The number of nitrogens with zero attached hydrogens (tertiary/aromatic N) is 1. The number of aryl methyl sites for hydroxylation is 1. The highest BCUT2D eigenvalue weighted by atomic mass is 35.5. The van der Waals surface area contributed by atoms with Gasteiger partial charge in [-0.15, -0.1) is 0 Å². The van der Waals surface area contributed by atoms with Crippen molar-refractivity contribution in [1.82, 2.24) is 4.98 Å². The van der Waals surface area contributed by atoms with Gasteiger partial charge in [-0.3, -0.25) is 4.79 Å². The van der Waals surface area contributed by atoms with Crippen LogP contribution >= 0.6 is 11.6 Å². The predicted molar refractivity (Wildman–Crippen MR) is 124 cm³/mol. The van der Waals surface area contributed by atoms with Crippen LogP contribution in [0.5, 0.6) is 5.75 Å². The zero-order valence-corrected chi connectivity index (χ0v) is 19.3. The fraction of sp³-hybridized carbons (Fsp3) is 0.600. The van der Waals surface area contributed by atoms with Crippen molar-refractivity contribution >= 4 is 28.5 Å². The molecule has 5 heteroatoms. The van der Waals surface area contributed by atoms with Crippen LogP contribution in [0.25, 0.3) is 10.9 Å². The molecule has 2 rings (SSSR count). The van der Waals surface area contributed by atoms with Gasteiger partial charge in [0.05, 0.1) is 18.7 Å². The molecule has 1 aromatic carbocycles. The quantitative estimate of drug-likeness (QED) is 0.218. The van der Waals surface area contributed by atoms with Crippen LogP contribution in [0.3, 0.4) is 0 Å². The molecule has 0 aliphatic heterocycles. The second-order valence-corrected chi connectivity index (χ2v) is 8.33. The van der Waals surface area contributed by atoms with Crippen LogP contribution in [-0.2, 0) is 16.0 Å². The molecule has 0 spiro atoms. The Kier molecular flexibility index (Phi) is 11.6. The van der Waals surface area contributed by atoms with E-state index in [1.807, 2.05) is 12.1 Å². The number of hydrogen-bond donors (Lipinski definition) is 0. The van der Waals surface area contributed by atoms with Crippen molar-refractivity contribution in [3.63, 3.8) is 0 Å². The summed E-state index contributed by atoms with van der Waals surface area (Å²) in [6, 6.07) is 7.87. The maximum Gasteiger partial charge on any atom is 0.302 e. The Bertz CT molecular complexity index is 778. The number of pyridine rings is 1. The molecule has 0 bridgehead atoms. The summed E-state index contributed by atoms with van der Waals surface area (Å²) in [5.41, 5.74) is 1.96. The fourth-order valence-electron chi connectivity index (χ4n) is 3.72. The number of halogens is 1. The van der Waals surface area contributed by atoms with Crippen LogP contribution in [-0.4, -0.2) is 24.7 Å². The van der Waals surface area contributed by atoms with Gasteiger partial charge < -0.3 is 9.47 Å². The van der Waals surface area contributed by atoms with Crippen molar-refractivity contribution in [2.24, 2.45) is 0 Å². The van der Waals surface area contributed by atoms with Gasteiger partial charge in [0.25, 0.3) is 0 Å². The Morgan fingerprint density at radius 1 is 0.867 bits per heavy atom. The summed E-state index contributed by atoms with van der Waals surface area (Å²) in [6.07, 6.45) is 14.7. The minimum Gasteiger partial charge on any atom is -0.494 e. The van der Waals surface area contributed by atoms with Crippen molar-refractivity contribution in [2.45, 2.75) is 84.0 Å². The lowest BCUT2D eigenvalue weighted by Gasteiger charge is -2.08. The number of rotatable bonds is 15. The highest BCUT2D eigenvalue weighted by molar-refractivity contribution is 6.35. The molecule has 0 unspecified atom stereocenters. The molecule has 0 saturated heterocycles. The fourth-order valence-corrected chi connectivity index (χ4v) is 3.93. The first-order chi connectivity index (χ1) is 14.6. The standard InChI is InChI=1S/C25H36ClNO3/c1-20(28)30-19-13-11-9-7-5-3-4-6-8-10-12-14-21-15-16-22-23(26)17-18-24(29-2)25(22)27-21/h15-18H,3-14,19H2,1-2H3. The van der Waals surface area contributed by atoms with E-state index in [9.17, 15) is 4.79 Å². The number of fused-ring (bicyclic) bond motifs is 1. The van der Waals surface area contributed by atoms with Gasteiger partial charge in [-0.2, -0.15) is 0 Å². The molecule has 0 aliphatic carbocycles. The Hall–Kier alpha value is -1.81. The smallest absolute Gasteiger partial charge is 0.302 e. The van der Waals surface area contributed by atoms with Crippen LogP contribution in [0.15, 0.2) is 24.3 Å². The first-order valence-corrected chi connectivity index (χ1v) is 11.7. The zero-order chi connectivity index (χ0) is 21.6. The summed E-state index contributed by atoms with van der Waals surface area (Å²) in [7, 11) is 1.67. The van der Waals surface area contributed by atoms with Crippen molar-refractivity contribution in [3.05, 3.63) is 35.0 Å². The molecule has 0 saturated carbocycles. The lowest BCUT2D eigenvalue weighted by atomic mass is 10.0. The Morgan fingerprint density at radius 3 is 2.07 bits per heavy atom. The summed E-state index contributed by atoms with van der Waals surface area (Å²) < 4.78 is 10.4. The molecule has 4 nitrogen and oxygen atoms in total. The molecule has 0 radical (unpaired) electrons. The van der Waals surface area contributed by atoms with Gasteiger partial charge in [-0.1, -0.05) is 69.4 Å². The number of aromatic nitrogens is 1. The Morgan fingerprint density at radius 2 is 1.47 bits per heavy atom. The molecular weight excluding hydrogens is 398 g/mol. The maximum absolute atomic E-state index is 10.7. The van der Waals surface area contributed by atoms with Crippen molar-refractivity contribution in [2.75, 3.05) is 13.7 Å². The summed E-state index contributed by atoms with van der Waals surface area (Å²) in [4.78, 5) is 15.4. The van der Waals surface area contributed by atoms with Gasteiger partial charge in [-0.25, -0.2) is 4.98 Å². The molecule has 2 aromatic rings. The number of methoxy groups -OCH3 is 1. The average molecular weight is 434 g/mol. The molecule has 0 N–H and O–H groups in total. The highest BCUT2D eigenvalue weighted by Gasteiger charge is 2.08. The SMILES string of the molecule is COc1ccc(Cl)c2ccc(CCCCCCCCCCCCCOC(C)=O)nc12. The number of esters is 1. The molecule has 1 heterocycles. The molecule has 30 heavy (non-hydrogen) atoms. The van der Waals surface area contributed by atoms with E-state index in [1.165, 1.54) is 64.7 Å². The third-order valence-corrected chi connectivity index (χ3v) is 5.76. The molecule has 0 amide bonds. The average Bonchev–Trinajstić information content (AvgIpc) is 2.74. The Balaban J connectivity index is 1.51. The molecule has 0 atom stereocenters. The van der Waals surface area contributed by atoms with Crippen LogP contribution in [0.2, 0.25) is 5.02 Å². The van der Waals surface area contributed by atoms with E-state index in [4.69, 9.17) is 26.1 Å². The lowest BCUT2D eigenvalue weighted by molar-refractivity contribution is -0.141. The third kappa shape index (κ3) is 8.91. The zero-order valence-electron chi connectivity index (χ0n) is 18.6. The van der Waals surface area contributed by atoms with E-state index in [1.54, 1.807) is 7.11 Å². The van der Waals surface area contributed by atoms with E-state index in [-0.39, 0.29) is 5.97 Å². The summed E-state index contributed by atoms with van der Waals surface area (Å²) in [5.74, 6) is 0.606. The number of ether oxygens (including phenoxy) is 2. The van der Waals surface area contributed by atoms with E-state index in [2.05, 4.69) is 12.1 Å². The summed E-state index contributed by atoms with van der Waals surface area (Å²) in [5, 5.41) is 1.66. The van der Waals surface area contributed by atoms with E-state index in [0.717, 1.165) is 41.6 Å². The molecule has 166 valence electrons. The van der Waals surface area contributed by atoms with E-state index < -0.39 is 0 Å². The minimum atomic E-state index is -0.173. The summed E-state index contributed by atoms with van der Waals surface area (Å²) >= 11 is 6.27. The number of unbranched alkanes of at least 4 members (excludes halogenated alkanes) is 10.